The molecule has 1 heterocycles. The Morgan fingerprint density at radius 3 is 2.48 bits per heavy atom. The minimum Gasteiger partial charge on any atom is -0.494 e. The quantitative estimate of drug-likeness (QED) is 0.288. The Morgan fingerprint density at radius 2 is 1.90 bits per heavy atom. The van der Waals surface area contributed by atoms with Gasteiger partial charge in [-0.2, -0.15) is 13.2 Å². The Morgan fingerprint density at radius 1 is 1.17 bits per heavy atom. The normalized spacial score (nSPS) is 13.1. The van der Waals surface area contributed by atoms with E-state index in [-0.39, 0.29) is 31.0 Å². The van der Waals surface area contributed by atoms with Gasteiger partial charge in [0, 0.05) is 20.6 Å². The molecule has 29 heavy (non-hydrogen) atoms. The molecule has 0 amide bonds. The molecule has 1 aromatic carbocycles. The molecule has 1 unspecified atom stereocenters. The number of alkyl halides is 3. The lowest BCUT2D eigenvalue weighted by atomic mass is 10.2. The zero-order valence-corrected chi connectivity index (χ0v) is 16.6. The van der Waals surface area contributed by atoms with Crippen LogP contribution in [-0.4, -0.2) is 26.8 Å². The van der Waals surface area contributed by atoms with Crippen LogP contribution in [-0.2, 0) is 29.3 Å². The minimum absolute atomic E-state index is 0.0198. The van der Waals surface area contributed by atoms with Gasteiger partial charge >= 0.3 is 19.7 Å². The third-order valence-corrected chi connectivity index (χ3v) is 5.73. The molecule has 1 aromatic heterocycles. The van der Waals surface area contributed by atoms with Crippen molar-refractivity contribution in [2.75, 3.05) is 20.8 Å². The van der Waals surface area contributed by atoms with Crippen molar-refractivity contribution >= 4 is 13.6 Å². The van der Waals surface area contributed by atoms with Gasteiger partial charge in [0.25, 0.3) is 5.85 Å². The van der Waals surface area contributed by atoms with Gasteiger partial charge in [-0.1, -0.05) is 6.07 Å². The van der Waals surface area contributed by atoms with Crippen molar-refractivity contribution in [2.24, 2.45) is 0 Å². The topological polar surface area (TPSA) is 84.2 Å². The number of hydrogen-bond acceptors (Lipinski definition) is 7. The second-order valence-electron chi connectivity index (χ2n) is 5.74. The van der Waals surface area contributed by atoms with Gasteiger partial charge in [0.2, 0.25) is 0 Å². The van der Waals surface area contributed by atoms with Crippen LogP contribution in [0.25, 0.3) is 0 Å². The first-order valence-corrected chi connectivity index (χ1v) is 10.0. The summed E-state index contributed by atoms with van der Waals surface area (Å²) in [6.45, 7) is -0.0198. The van der Waals surface area contributed by atoms with E-state index < -0.39 is 31.1 Å². The fraction of sp³-hybridized carbons (Fsp3) is 0.389. The summed E-state index contributed by atoms with van der Waals surface area (Å²) in [5.74, 6) is -1.99. The number of carbonyl (C=O) groups excluding carboxylic acids is 1. The molecule has 0 spiro atoms. The van der Waals surface area contributed by atoms with E-state index in [1.165, 1.54) is 30.5 Å². The summed E-state index contributed by atoms with van der Waals surface area (Å²) in [5, 5.41) is 0. The zero-order valence-electron chi connectivity index (χ0n) is 15.7. The molecule has 0 saturated heterocycles. The van der Waals surface area contributed by atoms with E-state index in [9.17, 15) is 22.5 Å². The van der Waals surface area contributed by atoms with Crippen molar-refractivity contribution in [2.45, 2.75) is 24.9 Å². The van der Waals surface area contributed by atoms with Crippen LogP contribution in [0.5, 0.6) is 5.75 Å². The van der Waals surface area contributed by atoms with Gasteiger partial charge in [0.15, 0.2) is 5.76 Å². The van der Waals surface area contributed by atoms with E-state index in [1.807, 2.05) is 0 Å². The molecule has 7 nitrogen and oxygen atoms in total. The largest absolute Gasteiger partial charge is 0.494 e. The number of benzene rings is 1. The van der Waals surface area contributed by atoms with Crippen LogP contribution < -0.4 is 4.74 Å². The summed E-state index contributed by atoms with van der Waals surface area (Å²) in [6, 6.07) is 7.40. The van der Waals surface area contributed by atoms with Crippen molar-refractivity contribution in [3.8, 4) is 5.75 Å². The number of hydrogen-bond donors (Lipinski definition) is 0. The van der Waals surface area contributed by atoms with Crippen LogP contribution in [0.3, 0.4) is 0 Å². The number of ether oxygens (including phenoxy) is 2. The van der Waals surface area contributed by atoms with Crippen molar-refractivity contribution in [3.63, 3.8) is 0 Å². The van der Waals surface area contributed by atoms with E-state index in [1.54, 1.807) is 0 Å². The average Bonchev–Trinajstić information content (AvgIpc) is 3.23. The van der Waals surface area contributed by atoms with E-state index in [2.05, 4.69) is 0 Å². The number of halogens is 3. The highest BCUT2D eigenvalue weighted by molar-refractivity contribution is 7.54. The highest BCUT2D eigenvalue weighted by Gasteiger charge is 2.41. The van der Waals surface area contributed by atoms with Crippen molar-refractivity contribution in [1.29, 1.82) is 0 Å². The predicted molar refractivity (Wildman–Crippen MR) is 95.3 cm³/mol. The lowest BCUT2D eigenvalue weighted by Gasteiger charge is -2.22. The second kappa shape index (κ2) is 9.96. The van der Waals surface area contributed by atoms with Crippen LogP contribution >= 0.6 is 7.60 Å². The number of rotatable bonds is 10. The lowest BCUT2D eigenvalue weighted by Crippen LogP contribution is -2.14. The van der Waals surface area contributed by atoms with E-state index in [4.69, 9.17) is 22.9 Å². The Hall–Kier alpha value is -2.29. The van der Waals surface area contributed by atoms with Crippen LogP contribution in [0, 0.1) is 0 Å². The van der Waals surface area contributed by atoms with Gasteiger partial charge in [0.05, 0.1) is 18.4 Å². The standard InChI is InChI=1S/C18H20F3O7P/c1-24-29(23,25-2)17(15-8-4-11-27-15)28-16(22)9-5-10-26-14-7-3-6-13(12-14)18(19,20)21/h3-4,6-8,11-12,17H,5,9-10H2,1-2H3. The summed E-state index contributed by atoms with van der Waals surface area (Å²) in [7, 11) is -1.52. The monoisotopic (exact) mass is 436 g/mol. The Kier molecular flexibility index (Phi) is 7.89. The summed E-state index contributed by atoms with van der Waals surface area (Å²) < 4.78 is 76.0. The molecule has 2 rings (SSSR count). The molecule has 0 saturated carbocycles. The lowest BCUT2D eigenvalue weighted by molar-refractivity contribution is -0.147. The first kappa shape index (κ1) is 23.0. The van der Waals surface area contributed by atoms with Crippen LogP contribution in [0.2, 0.25) is 0 Å². The number of esters is 1. The summed E-state index contributed by atoms with van der Waals surface area (Å²) in [6.07, 6.45) is -3.14. The van der Waals surface area contributed by atoms with Gasteiger partial charge in [0.1, 0.15) is 5.75 Å². The van der Waals surface area contributed by atoms with Gasteiger partial charge in [-0.3, -0.25) is 9.36 Å². The van der Waals surface area contributed by atoms with Gasteiger partial charge in [-0.25, -0.2) is 0 Å². The predicted octanol–water partition coefficient (Wildman–Crippen LogP) is 5.19. The van der Waals surface area contributed by atoms with Crippen molar-refractivity contribution in [3.05, 3.63) is 54.0 Å². The minimum atomic E-state index is -4.47. The molecule has 0 aliphatic heterocycles. The average molecular weight is 436 g/mol. The molecule has 1 atom stereocenters. The highest BCUT2D eigenvalue weighted by atomic mass is 31.2. The molecule has 0 radical (unpaired) electrons. The van der Waals surface area contributed by atoms with Gasteiger partial charge < -0.3 is 22.9 Å². The summed E-state index contributed by atoms with van der Waals surface area (Å²) in [5.41, 5.74) is -0.828. The third-order valence-electron chi connectivity index (χ3n) is 3.78. The van der Waals surface area contributed by atoms with Crippen molar-refractivity contribution < 1.29 is 45.5 Å². The fourth-order valence-electron chi connectivity index (χ4n) is 2.33. The smallest absolute Gasteiger partial charge is 0.416 e. The molecule has 11 heteroatoms. The molecule has 2 aromatic rings. The maximum atomic E-state index is 12.7. The molecule has 0 aliphatic carbocycles. The van der Waals surface area contributed by atoms with Crippen LogP contribution in [0.4, 0.5) is 13.2 Å². The number of furan rings is 1. The molecule has 0 aliphatic rings. The molecular weight excluding hydrogens is 416 g/mol. The highest BCUT2D eigenvalue weighted by Crippen LogP contribution is 2.60. The van der Waals surface area contributed by atoms with Crippen LogP contribution in [0.1, 0.15) is 30.0 Å². The van der Waals surface area contributed by atoms with E-state index in [0.717, 1.165) is 26.4 Å². The zero-order chi connectivity index (χ0) is 21.5. The maximum Gasteiger partial charge on any atom is 0.416 e. The third kappa shape index (κ3) is 6.35. The molecule has 0 bridgehead atoms. The van der Waals surface area contributed by atoms with Gasteiger partial charge in [-0.05, 0) is 36.8 Å². The molecule has 160 valence electrons. The first-order chi connectivity index (χ1) is 13.7. The van der Waals surface area contributed by atoms with E-state index in [0.29, 0.717) is 0 Å². The molecule has 0 N–H and O–H groups in total. The maximum absolute atomic E-state index is 12.7. The fourth-order valence-corrected chi connectivity index (χ4v) is 3.57. The molecular formula is C18H20F3O7P. The van der Waals surface area contributed by atoms with E-state index >= 15 is 0 Å². The Balaban J connectivity index is 1.89. The number of carbonyl (C=O) groups is 1. The first-order valence-electron chi connectivity index (χ1n) is 8.43. The molecule has 0 fully saturated rings. The van der Waals surface area contributed by atoms with Crippen LogP contribution in [0.15, 0.2) is 47.1 Å². The second-order valence-corrected chi connectivity index (χ2v) is 8.02. The Labute approximate surface area is 165 Å². The Bertz CT molecular complexity index is 828. The SMILES string of the molecule is COP(=O)(OC)C(OC(=O)CCCOc1cccc(C(F)(F)F)c1)c1ccco1. The van der Waals surface area contributed by atoms with Gasteiger partial charge in [-0.15, -0.1) is 0 Å². The van der Waals surface area contributed by atoms with Crippen molar-refractivity contribution in [1.82, 2.24) is 0 Å². The summed E-state index contributed by atoms with van der Waals surface area (Å²) in [4.78, 5) is 12.1. The summed E-state index contributed by atoms with van der Waals surface area (Å²) >= 11 is 0.